The van der Waals surface area contributed by atoms with Gasteiger partial charge >= 0.3 is 0 Å². The second kappa shape index (κ2) is 5.82. The third-order valence-corrected chi connectivity index (χ3v) is 4.17. The Morgan fingerprint density at radius 3 is 2.67 bits per heavy atom. The van der Waals surface area contributed by atoms with E-state index in [4.69, 9.17) is 11.6 Å². The van der Waals surface area contributed by atoms with Crippen molar-refractivity contribution < 1.29 is 0 Å². The van der Waals surface area contributed by atoms with Crippen LogP contribution < -0.4 is 5.32 Å². The zero-order valence-electron chi connectivity index (χ0n) is 12.3. The molecule has 0 amide bonds. The highest BCUT2D eigenvalue weighted by Crippen LogP contribution is 2.28. The largest absolute Gasteiger partial charge is 0.379 e. The van der Waals surface area contributed by atoms with Crippen LogP contribution in [0.4, 0.5) is 5.69 Å². The molecule has 3 heteroatoms. The highest BCUT2D eigenvalue weighted by atomic mass is 35.5. The third kappa shape index (κ3) is 2.91. The molecule has 108 valence electrons. The van der Waals surface area contributed by atoms with Crippen LogP contribution in [-0.4, -0.2) is 4.98 Å². The minimum absolute atomic E-state index is 0.531. The molecule has 0 atom stereocenters. The fraction of sp³-hybridized carbons (Fsp3) is 0.222. The third-order valence-electron chi connectivity index (χ3n) is 3.74. The summed E-state index contributed by atoms with van der Waals surface area (Å²) in [6, 6.07) is 16.6. The Morgan fingerprint density at radius 2 is 1.90 bits per heavy atom. The number of aromatic amines is 1. The number of H-pyrrole nitrogens is 1. The van der Waals surface area contributed by atoms with E-state index in [0.29, 0.717) is 12.5 Å². The van der Waals surface area contributed by atoms with E-state index >= 15 is 0 Å². The Balaban J connectivity index is 1.80. The van der Waals surface area contributed by atoms with E-state index in [2.05, 4.69) is 48.4 Å². The molecule has 0 bridgehead atoms. The second-order valence-electron chi connectivity index (χ2n) is 5.60. The molecule has 2 aromatic carbocycles. The van der Waals surface area contributed by atoms with Gasteiger partial charge in [-0.25, -0.2) is 0 Å². The fourth-order valence-corrected chi connectivity index (χ4v) is 2.76. The normalized spacial score (nSPS) is 11.2. The van der Waals surface area contributed by atoms with E-state index in [1.165, 1.54) is 5.56 Å². The lowest BCUT2D eigenvalue weighted by molar-refractivity contribution is 0.866. The van der Waals surface area contributed by atoms with Crippen LogP contribution in [0.3, 0.4) is 0 Å². The first kappa shape index (κ1) is 14.0. The Hall–Kier alpha value is -1.93. The maximum absolute atomic E-state index is 6.43. The summed E-state index contributed by atoms with van der Waals surface area (Å²) in [7, 11) is 0. The molecule has 0 aliphatic rings. The second-order valence-corrected chi connectivity index (χ2v) is 5.97. The van der Waals surface area contributed by atoms with E-state index < -0.39 is 0 Å². The van der Waals surface area contributed by atoms with Crippen molar-refractivity contribution in [3.8, 4) is 0 Å². The predicted octanol–water partition coefficient (Wildman–Crippen LogP) is 5.56. The standard InChI is InChI=1S/C18H19ClN2/c1-12(2)13-6-5-7-14(10-13)20-11-17-18(19)15-8-3-4-9-16(15)21-17/h3-10,12,20-21H,11H2,1-2H3. The van der Waals surface area contributed by atoms with Gasteiger partial charge in [0.1, 0.15) is 0 Å². The van der Waals surface area contributed by atoms with Crippen LogP contribution in [0.5, 0.6) is 0 Å². The number of nitrogens with one attached hydrogen (secondary N) is 2. The Bertz CT molecular complexity index is 759. The highest BCUT2D eigenvalue weighted by molar-refractivity contribution is 6.36. The molecule has 0 radical (unpaired) electrons. The molecule has 2 nitrogen and oxygen atoms in total. The molecular formula is C18H19ClN2. The van der Waals surface area contributed by atoms with Crippen molar-refractivity contribution in [1.29, 1.82) is 0 Å². The molecule has 3 rings (SSSR count). The number of benzene rings is 2. The van der Waals surface area contributed by atoms with Gasteiger partial charge in [0.15, 0.2) is 0 Å². The number of para-hydroxylation sites is 1. The topological polar surface area (TPSA) is 27.8 Å². The summed E-state index contributed by atoms with van der Waals surface area (Å²) < 4.78 is 0. The molecule has 0 fully saturated rings. The monoisotopic (exact) mass is 298 g/mol. The number of rotatable bonds is 4. The summed E-state index contributed by atoms with van der Waals surface area (Å²) in [6.45, 7) is 5.09. The number of anilines is 1. The zero-order valence-corrected chi connectivity index (χ0v) is 13.0. The molecule has 2 N–H and O–H groups in total. The molecule has 0 aliphatic carbocycles. The van der Waals surface area contributed by atoms with Crippen LogP contribution in [0.15, 0.2) is 48.5 Å². The molecule has 1 aromatic heterocycles. The SMILES string of the molecule is CC(C)c1cccc(NCc2[nH]c3ccccc3c2Cl)c1. The van der Waals surface area contributed by atoms with Gasteiger partial charge in [0.05, 0.1) is 17.3 Å². The van der Waals surface area contributed by atoms with Gasteiger partial charge in [-0.3, -0.25) is 0 Å². The number of aromatic nitrogens is 1. The van der Waals surface area contributed by atoms with Crippen molar-refractivity contribution >= 4 is 28.2 Å². The molecule has 21 heavy (non-hydrogen) atoms. The molecule has 0 aliphatic heterocycles. The van der Waals surface area contributed by atoms with Crippen LogP contribution in [0.25, 0.3) is 10.9 Å². The minimum Gasteiger partial charge on any atom is -0.379 e. The van der Waals surface area contributed by atoms with Gasteiger partial charge in [-0.05, 0) is 29.7 Å². The van der Waals surface area contributed by atoms with Gasteiger partial charge in [-0.1, -0.05) is 55.8 Å². The summed E-state index contributed by atoms with van der Waals surface area (Å²) in [5.74, 6) is 0.531. The predicted molar refractivity (Wildman–Crippen MR) is 91.2 cm³/mol. The van der Waals surface area contributed by atoms with E-state index in [9.17, 15) is 0 Å². The van der Waals surface area contributed by atoms with Gasteiger partial charge < -0.3 is 10.3 Å². The van der Waals surface area contributed by atoms with Crippen LogP contribution in [0, 0.1) is 0 Å². The smallest absolute Gasteiger partial charge is 0.0710 e. The van der Waals surface area contributed by atoms with Gasteiger partial charge in [0, 0.05) is 16.6 Å². The molecular weight excluding hydrogens is 280 g/mol. The van der Waals surface area contributed by atoms with Crippen molar-refractivity contribution in [2.24, 2.45) is 0 Å². The number of fused-ring (bicyclic) bond motifs is 1. The Labute approximate surface area is 130 Å². The fourth-order valence-electron chi connectivity index (χ4n) is 2.48. The quantitative estimate of drug-likeness (QED) is 0.648. The van der Waals surface area contributed by atoms with Crippen LogP contribution in [-0.2, 0) is 6.54 Å². The minimum atomic E-state index is 0.531. The van der Waals surface area contributed by atoms with Gasteiger partial charge in [0.25, 0.3) is 0 Å². The average Bonchev–Trinajstić information content (AvgIpc) is 2.82. The number of hydrogen-bond donors (Lipinski definition) is 2. The summed E-state index contributed by atoms with van der Waals surface area (Å²) in [4.78, 5) is 3.38. The summed E-state index contributed by atoms with van der Waals surface area (Å²) in [5, 5.41) is 5.32. The van der Waals surface area contributed by atoms with E-state index in [0.717, 1.165) is 27.3 Å². The van der Waals surface area contributed by atoms with E-state index in [1.54, 1.807) is 0 Å². The van der Waals surface area contributed by atoms with Crippen molar-refractivity contribution in [3.63, 3.8) is 0 Å². The Morgan fingerprint density at radius 1 is 1.10 bits per heavy atom. The van der Waals surface area contributed by atoms with Gasteiger partial charge in [0.2, 0.25) is 0 Å². The lowest BCUT2D eigenvalue weighted by Crippen LogP contribution is -2.01. The van der Waals surface area contributed by atoms with Crippen molar-refractivity contribution in [2.45, 2.75) is 26.3 Å². The first-order chi connectivity index (χ1) is 10.1. The maximum atomic E-state index is 6.43. The molecule has 0 spiro atoms. The first-order valence-electron chi connectivity index (χ1n) is 7.24. The molecule has 0 saturated heterocycles. The number of halogens is 1. The lowest BCUT2D eigenvalue weighted by Gasteiger charge is -2.10. The summed E-state index contributed by atoms with van der Waals surface area (Å²) in [5.41, 5.74) is 4.56. The summed E-state index contributed by atoms with van der Waals surface area (Å²) >= 11 is 6.43. The van der Waals surface area contributed by atoms with Crippen molar-refractivity contribution in [2.75, 3.05) is 5.32 Å². The molecule has 0 unspecified atom stereocenters. The van der Waals surface area contributed by atoms with Crippen molar-refractivity contribution in [1.82, 2.24) is 4.98 Å². The van der Waals surface area contributed by atoms with Crippen LogP contribution >= 0.6 is 11.6 Å². The van der Waals surface area contributed by atoms with E-state index in [1.807, 2.05) is 24.3 Å². The molecule has 3 aromatic rings. The maximum Gasteiger partial charge on any atom is 0.0710 e. The summed E-state index contributed by atoms with van der Waals surface area (Å²) in [6.07, 6.45) is 0. The first-order valence-corrected chi connectivity index (χ1v) is 7.62. The van der Waals surface area contributed by atoms with Gasteiger partial charge in [-0.2, -0.15) is 0 Å². The number of hydrogen-bond acceptors (Lipinski definition) is 1. The van der Waals surface area contributed by atoms with Gasteiger partial charge in [-0.15, -0.1) is 0 Å². The van der Waals surface area contributed by atoms with Crippen molar-refractivity contribution in [3.05, 3.63) is 64.8 Å². The van der Waals surface area contributed by atoms with Crippen LogP contribution in [0.2, 0.25) is 5.02 Å². The average molecular weight is 299 g/mol. The highest BCUT2D eigenvalue weighted by Gasteiger charge is 2.08. The van der Waals surface area contributed by atoms with E-state index in [-0.39, 0.29) is 0 Å². The molecule has 0 saturated carbocycles. The molecule has 1 heterocycles. The lowest BCUT2D eigenvalue weighted by atomic mass is 10.0. The Kier molecular flexibility index (Phi) is 3.89. The zero-order chi connectivity index (χ0) is 14.8. The van der Waals surface area contributed by atoms with Crippen LogP contribution in [0.1, 0.15) is 31.0 Å².